The first-order chi connectivity index (χ1) is 14.4. The summed E-state index contributed by atoms with van der Waals surface area (Å²) in [4.78, 5) is 49.8. The van der Waals surface area contributed by atoms with E-state index in [1.54, 1.807) is 24.3 Å². The highest BCUT2D eigenvalue weighted by Gasteiger charge is 2.50. The van der Waals surface area contributed by atoms with Crippen LogP contribution in [-0.4, -0.2) is 48.3 Å². The standard InChI is InChI=1S/C23H26N2O5/c26-19(24-13-23-8-14-5-15(9-23)7-16(6-14)10-23)12-30-20(27)11-25-21(28)17-3-1-2-4-18(17)22(25)29/h1-4,14-16H,5-13H2,(H,24,26). The molecule has 0 radical (unpaired) electrons. The van der Waals surface area contributed by atoms with Crippen molar-refractivity contribution < 1.29 is 23.9 Å². The van der Waals surface area contributed by atoms with Gasteiger partial charge >= 0.3 is 5.97 Å². The predicted molar refractivity (Wildman–Crippen MR) is 106 cm³/mol. The lowest BCUT2D eigenvalue weighted by Gasteiger charge is -2.56. The van der Waals surface area contributed by atoms with E-state index < -0.39 is 30.9 Å². The van der Waals surface area contributed by atoms with E-state index >= 15 is 0 Å². The second-order valence-electron chi connectivity index (χ2n) is 9.60. The molecule has 30 heavy (non-hydrogen) atoms. The fourth-order valence-electron chi connectivity index (χ4n) is 6.55. The number of amides is 3. The van der Waals surface area contributed by atoms with Gasteiger partial charge in [0.2, 0.25) is 0 Å². The van der Waals surface area contributed by atoms with Gasteiger partial charge in [-0.25, -0.2) is 0 Å². The van der Waals surface area contributed by atoms with E-state index in [0.29, 0.717) is 6.54 Å². The number of hydrogen-bond donors (Lipinski definition) is 1. The first-order valence-corrected chi connectivity index (χ1v) is 10.8. The molecule has 158 valence electrons. The van der Waals surface area contributed by atoms with Gasteiger partial charge in [0.05, 0.1) is 11.1 Å². The second kappa shape index (κ2) is 7.22. The summed E-state index contributed by atoms with van der Waals surface area (Å²) < 4.78 is 5.04. The smallest absolute Gasteiger partial charge is 0.326 e. The largest absolute Gasteiger partial charge is 0.454 e. The Morgan fingerprint density at radius 1 is 0.967 bits per heavy atom. The van der Waals surface area contributed by atoms with Crippen molar-refractivity contribution in [1.82, 2.24) is 10.2 Å². The van der Waals surface area contributed by atoms with E-state index in [0.717, 1.165) is 22.7 Å². The van der Waals surface area contributed by atoms with Crippen LogP contribution in [0.1, 0.15) is 59.2 Å². The lowest BCUT2D eigenvalue weighted by molar-refractivity contribution is -0.149. The van der Waals surface area contributed by atoms with Gasteiger partial charge in [0, 0.05) is 6.54 Å². The molecule has 1 aliphatic heterocycles. The van der Waals surface area contributed by atoms with Crippen LogP contribution in [0.15, 0.2) is 24.3 Å². The number of imide groups is 1. The molecule has 7 heteroatoms. The van der Waals surface area contributed by atoms with Gasteiger partial charge in [-0.15, -0.1) is 0 Å². The number of nitrogens with one attached hydrogen (secondary N) is 1. The van der Waals surface area contributed by atoms with Gasteiger partial charge < -0.3 is 10.1 Å². The zero-order valence-corrected chi connectivity index (χ0v) is 16.9. The first-order valence-electron chi connectivity index (χ1n) is 10.8. The molecule has 5 aliphatic rings. The molecule has 7 nitrogen and oxygen atoms in total. The summed E-state index contributed by atoms with van der Waals surface area (Å²) in [7, 11) is 0. The summed E-state index contributed by atoms with van der Waals surface area (Å²) in [6.45, 7) is -0.242. The van der Waals surface area contributed by atoms with Gasteiger partial charge in [0.25, 0.3) is 17.7 Å². The third-order valence-electron chi connectivity index (χ3n) is 7.36. The molecule has 1 aromatic rings. The molecule has 4 saturated carbocycles. The molecule has 0 saturated heterocycles. The number of ether oxygens (including phenoxy) is 1. The van der Waals surface area contributed by atoms with Gasteiger partial charge in [0.1, 0.15) is 6.54 Å². The maximum atomic E-state index is 12.3. The van der Waals surface area contributed by atoms with E-state index in [2.05, 4.69) is 5.32 Å². The molecular weight excluding hydrogens is 384 g/mol. The molecule has 6 rings (SSSR count). The lowest BCUT2D eigenvalue weighted by atomic mass is 9.49. The van der Waals surface area contributed by atoms with E-state index in [1.165, 1.54) is 38.5 Å². The Hall–Kier alpha value is -2.70. The van der Waals surface area contributed by atoms with Gasteiger partial charge in [-0.2, -0.15) is 0 Å². The molecular formula is C23H26N2O5. The highest BCUT2D eigenvalue weighted by Crippen LogP contribution is 2.59. The Morgan fingerprint density at radius 2 is 1.50 bits per heavy atom. The highest BCUT2D eigenvalue weighted by atomic mass is 16.5. The monoisotopic (exact) mass is 410 g/mol. The van der Waals surface area contributed by atoms with Crippen molar-refractivity contribution in [3.05, 3.63) is 35.4 Å². The molecule has 1 aromatic carbocycles. The van der Waals surface area contributed by atoms with Crippen molar-refractivity contribution in [2.45, 2.75) is 38.5 Å². The molecule has 1 N–H and O–H groups in total. The summed E-state index contributed by atoms with van der Waals surface area (Å²) in [6, 6.07) is 6.44. The van der Waals surface area contributed by atoms with Crippen LogP contribution in [-0.2, 0) is 14.3 Å². The fraction of sp³-hybridized carbons (Fsp3) is 0.565. The van der Waals surface area contributed by atoms with Crippen LogP contribution in [0.5, 0.6) is 0 Å². The summed E-state index contributed by atoms with van der Waals surface area (Å²) in [5.41, 5.74) is 0.779. The number of carbonyl (C=O) groups excluding carboxylic acids is 4. The number of carbonyl (C=O) groups is 4. The summed E-state index contributed by atoms with van der Waals surface area (Å²) in [6.07, 6.45) is 7.63. The Kier molecular flexibility index (Phi) is 4.64. The van der Waals surface area contributed by atoms with Crippen LogP contribution in [0.25, 0.3) is 0 Å². The fourth-order valence-corrected chi connectivity index (χ4v) is 6.55. The second-order valence-corrected chi connectivity index (χ2v) is 9.60. The predicted octanol–water partition coefficient (Wildman–Crippen LogP) is 2.16. The Bertz CT molecular complexity index is 854. The summed E-state index contributed by atoms with van der Waals surface area (Å²) in [5.74, 6) is 0.301. The highest BCUT2D eigenvalue weighted by molar-refractivity contribution is 6.22. The summed E-state index contributed by atoms with van der Waals surface area (Å²) in [5, 5.41) is 2.96. The minimum absolute atomic E-state index is 0.217. The van der Waals surface area contributed by atoms with E-state index in [-0.39, 0.29) is 22.4 Å². The first kappa shape index (κ1) is 19.3. The van der Waals surface area contributed by atoms with E-state index in [9.17, 15) is 19.2 Å². The average molecular weight is 410 g/mol. The molecule has 0 atom stereocenters. The average Bonchev–Trinajstić information content (AvgIpc) is 2.95. The quantitative estimate of drug-likeness (QED) is 0.573. The van der Waals surface area contributed by atoms with Crippen molar-refractivity contribution in [1.29, 1.82) is 0 Å². The zero-order chi connectivity index (χ0) is 20.9. The van der Waals surface area contributed by atoms with Crippen molar-refractivity contribution >= 4 is 23.7 Å². The van der Waals surface area contributed by atoms with Crippen LogP contribution in [0, 0.1) is 23.2 Å². The lowest BCUT2D eigenvalue weighted by Crippen LogP contribution is -2.51. The van der Waals surface area contributed by atoms with Crippen LogP contribution >= 0.6 is 0 Å². The minimum atomic E-state index is -0.769. The number of esters is 1. The molecule has 0 spiro atoms. The Morgan fingerprint density at radius 3 is 2.03 bits per heavy atom. The molecule has 1 heterocycles. The van der Waals surface area contributed by atoms with Crippen LogP contribution in [0.3, 0.4) is 0 Å². The van der Waals surface area contributed by atoms with Crippen LogP contribution in [0.4, 0.5) is 0 Å². The third kappa shape index (κ3) is 3.40. The molecule has 0 unspecified atom stereocenters. The molecule has 4 aliphatic carbocycles. The van der Waals surface area contributed by atoms with Crippen molar-refractivity contribution in [2.24, 2.45) is 23.2 Å². The van der Waals surface area contributed by atoms with Crippen molar-refractivity contribution in [3.8, 4) is 0 Å². The summed E-state index contributed by atoms with van der Waals surface area (Å²) >= 11 is 0. The number of nitrogens with zero attached hydrogens (tertiary/aromatic N) is 1. The minimum Gasteiger partial charge on any atom is -0.454 e. The van der Waals surface area contributed by atoms with Gasteiger partial charge in [-0.1, -0.05) is 12.1 Å². The SMILES string of the molecule is O=C(COC(=O)CN1C(=O)c2ccccc2C1=O)NCC12CC3CC(CC(C3)C1)C2. The van der Waals surface area contributed by atoms with E-state index in [1.807, 2.05) is 0 Å². The molecule has 0 aromatic heterocycles. The number of rotatable bonds is 6. The Balaban J connectivity index is 1.09. The van der Waals surface area contributed by atoms with E-state index in [4.69, 9.17) is 4.74 Å². The van der Waals surface area contributed by atoms with Gasteiger partial charge in [-0.3, -0.25) is 24.1 Å². The maximum Gasteiger partial charge on any atom is 0.326 e. The maximum absolute atomic E-state index is 12.3. The third-order valence-corrected chi connectivity index (χ3v) is 7.36. The van der Waals surface area contributed by atoms with Gasteiger partial charge in [-0.05, 0) is 73.8 Å². The normalized spacial score (nSPS) is 31.1. The zero-order valence-electron chi connectivity index (χ0n) is 16.9. The van der Waals surface area contributed by atoms with Crippen LogP contribution in [0.2, 0.25) is 0 Å². The van der Waals surface area contributed by atoms with Crippen molar-refractivity contribution in [3.63, 3.8) is 0 Å². The molecule has 3 amide bonds. The Labute approximate surface area is 175 Å². The number of fused-ring (bicyclic) bond motifs is 1. The van der Waals surface area contributed by atoms with Crippen molar-refractivity contribution in [2.75, 3.05) is 19.7 Å². The molecule has 4 fully saturated rings. The number of benzene rings is 1. The van der Waals surface area contributed by atoms with Crippen LogP contribution < -0.4 is 5.32 Å². The topological polar surface area (TPSA) is 92.8 Å². The van der Waals surface area contributed by atoms with Gasteiger partial charge in [0.15, 0.2) is 6.61 Å². The molecule has 4 bridgehead atoms. The number of hydrogen-bond acceptors (Lipinski definition) is 5.